The molecule has 0 aliphatic rings. The average Bonchev–Trinajstić information content (AvgIpc) is 2.27. The average molecular weight is 246 g/mol. The Bertz CT molecular complexity index is 214. The summed E-state index contributed by atoms with van der Waals surface area (Å²) in [5, 5.41) is 0. The van der Waals surface area contributed by atoms with Gasteiger partial charge in [0.25, 0.3) is 0 Å². The lowest BCUT2D eigenvalue weighted by Crippen LogP contribution is -2.18. The van der Waals surface area contributed by atoms with Crippen LogP contribution >= 0.6 is 0 Å². The molecule has 0 heterocycles. The van der Waals surface area contributed by atoms with Crippen LogP contribution in [0.1, 0.15) is 26.2 Å². The molecule has 0 aliphatic carbocycles. The SMILES string of the molecule is C=C(C)C(=O)OCCCCC[SiH](OC)OC. The minimum Gasteiger partial charge on any atom is -0.462 e. The van der Waals surface area contributed by atoms with Crippen LogP contribution in [0.5, 0.6) is 0 Å². The molecule has 0 atom stereocenters. The van der Waals surface area contributed by atoms with Crippen LogP contribution in [0, 0.1) is 0 Å². The number of carbonyl (C=O) groups excluding carboxylic acids is 1. The molecule has 0 saturated carbocycles. The van der Waals surface area contributed by atoms with E-state index in [1.54, 1.807) is 21.1 Å². The number of hydrogen-bond donors (Lipinski definition) is 0. The quantitative estimate of drug-likeness (QED) is 0.269. The minimum absolute atomic E-state index is 0.305. The first-order valence-corrected chi connectivity index (χ1v) is 7.26. The predicted molar refractivity (Wildman–Crippen MR) is 65.6 cm³/mol. The summed E-state index contributed by atoms with van der Waals surface area (Å²) >= 11 is 0. The van der Waals surface area contributed by atoms with Crippen molar-refractivity contribution in [3.05, 3.63) is 12.2 Å². The molecule has 0 radical (unpaired) electrons. The van der Waals surface area contributed by atoms with Crippen molar-refractivity contribution in [1.82, 2.24) is 0 Å². The van der Waals surface area contributed by atoms with Crippen molar-refractivity contribution >= 4 is 15.3 Å². The molecule has 0 fully saturated rings. The molecule has 5 heteroatoms. The first-order chi connectivity index (χ1) is 7.61. The first kappa shape index (κ1) is 15.3. The lowest BCUT2D eigenvalue weighted by Gasteiger charge is -2.10. The van der Waals surface area contributed by atoms with Crippen LogP contribution in [0.4, 0.5) is 0 Å². The molecule has 0 spiro atoms. The normalized spacial score (nSPS) is 10.5. The Morgan fingerprint density at radius 1 is 1.19 bits per heavy atom. The summed E-state index contributed by atoms with van der Waals surface area (Å²) in [5.74, 6) is -0.305. The summed E-state index contributed by atoms with van der Waals surface area (Å²) in [6.45, 7) is 5.63. The highest BCUT2D eigenvalue weighted by atomic mass is 28.3. The van der Waals surface area contributed by atoms with E-state index in [0.717, 1.165) is 25.3 Å². The second-order valence-corrected chi connectivity index (χ2v) is 6.05. The highest BCUT2D eigenvalue weighted by molar-refractivity contribution is 6.44. The summed E-state index contributed by atoms with van der Waals surface area (Å²) < 4.78 is 15.4. The van der Waals surface area contributed by atoms with E-state index < -0.39 is 9.28 Å². The topological polar surface area (TPSA) is 44.8 Å². The van der Waals surface area contributed by atoms with Gasteiger partial charge in [0.2, 0.25) is 0 Å². The van der Waals surface area contributed by atoms with Gasteiger partial charge in [-0.1, -0.05) is 19.4 Å². The second kappa shape index (κ2) is 9.56. The molecule has 0 rings (SSSR count). The standard InChI is InChI=1S/C11H22O4Si/c1-10(2)11(12)15-8-6-5-7-9-16(13-3)14-4/h16H,1,5-9H2,2-4H3. The molecule has 4 nitrogen and oxygen atoms in total. The maximum absolute atomic E-state index is 11.0. The van der Waals surface area contributed by atoms with Crippen LogP contribution in [0.25, 0.3) is 0 Å². The zero-order valence-electron chi connectivity index (χ0n) is 10.5. The summed E-state index contributed by atoms with van der Waals surface area (Å²) in [5.41, 5.74) is 0.450. The van der Waals surface area contributed by atoms with E-state index >= 15 is 0 Å². The van der Waals surface area contributed by atoms with E-state index in [0.29, 0.717) is 12.2 Å². The molecule has 0 aromatic rings. The largest absolute Gasteiger partial charge is 0.462 e. The van der Waals surface area contributed by atoms with Gasteiger partial charge in [-0.15, -0.1) is 0 Å². The summed E-state index contributed by atoms with van der Waals surface area (Å²) in [6.07, 6.45) is 2.97. The zero-order chi connectivity index (χ0) is 12.4. The third kappa shape index (κ3) is 7.61. The lowest BCUT2D eigenvalue weighted by molar-refractivity contribution is -0.139. The Hall–Kier alpha value is -0.653. The lowest BCUT2D eigenvalue weighted by atomic mass is 10.3. The van der Waals surface area contributed by atoms with Crippen molar-refractivity contribution in [2.24, 2.45) is 0 Å². The number of carbonyl (C=O) groups is 1. The predicted octanol–water partition coefficient (Wildman–Crippen LogP) is 1.79. The number of esters is 1. The van der Waals surface area contributed by atoms with Gasteiger partial charge in [-0.25, -0.2) is 4.79 Å². The Kier molecular flexibility index (Phi) is 9.17. The first-order valence-electron chi connectivity index (χ1n) is 5.50. The van der Waals surface area contributed by atoms with Gasteiger partial charge in [0.15, 0.2) is 0 Å². The Balaban J connectivity index is 3.34. The number of ether oxygens (including phenoxy) is 1. The van der Waals surface area contributed by atoms with Gasteiger partial charge in [0.1, 0.15) is 0 Å². The number of hydrogen-bond acceptors (Lipinski definition) is 4. The molecule has 0 amide bonds. The molecule has 0 aliphatic heterocycles. The zero-order valence-corrected chi connectivity index (χ0v) is 11.6. The van der Waals surface area contributed by atoms with Crippen molar-refractivity contribution in [3.8, 4) is 0 Å². The molecule has 94 valence electrons. The van der Waals surface area contributed by atoms with Gasteiger partial charge in [0, 0.05) is 19.8 Å². The fourth-order valence-electron chi connectivity index (χ4n) is 1.21. The van der Waals surface area contributed by atoms with Crippen molar-refractivity contribution in [1.29, 1.82) is 0 Å². The maximum atomic E-state index is 11.0. The number of rotatable bonds is 9. The Labute approximate surface area is 99.4 Å². The number of unbranched alkanes of at least 4 members (excludes halogenated alkanes) is 2. The molecule has 0 saturated heterocycles. The van der Waals surface area contributed by atoms with Crippen LogP contribution < -0.4 is 0 Å². The van der Waals surface area contributed by atoms with Gasteiger partial charge in [0.05, 0.1) is 6.61 Å². The van der Waals surface area contributed by atoms with Crippen molar-refractivity contribution in [3.63, 3.8) is 0 Å². The molecule has 16 heavy (non-hydrogen) atoms. The second-order valence-electron chi connectivity index (χ2n) is 3.67. The molecule has 0 aromatic carbocycles. The van der Waals surface area contributed by atoms with Crippen LogP contribution in [0.15, 0.2) is 12.2 Å². The Morgan fingerprint density at radius 2 is 1.81 bits per heavy atom. The van der Waals surface area contributed by atoms with Gasteiger partial charge >= 0.3 is 15.3 Å². The van der Waals surface area contributed by atoms with Crippen LogP contribution in [-0.4, -0.2) is 36.1 Å². The molecular weight excluding hydrogens is 224 g/mol. The van der Waals surface area contributed by atoms with Crippen LogP contribution in [0.3, 0.4) is 0 Å². The van der Waals surface area contributed by atoms with Crippen molar-refractivity contribution in [2.75, 3.05) is 20.8 Å². The van der Waals surface area contributed by atoms with Gasteiger partial charge < -0.3 is 13.6 Å². The third-order valence-electron chi connectivity index (χ3n) is 2.19. The van der Waals surface area contributed by atoms with Gasteiger partial charge in [-0.3, -0.25) is 0 Å². The molecular formula is C11H22O4Si. The van der Waals surface area contributed by atoms with Gasteiger partial charge in [-0.05, 0) is 19.4 Å². The fourth-order valence-corrected chi connectivity index (χ4v) is 2.50. The van der Waals surface area contributed by atoms with E-state index in [1.807, 2.05) is 0 Å². The highest BCUT2D eigenvalue weighted by Gasteiger charge is 2.08. The fraction of sp³-hybridized carbons (Fsp3) is 0.727. The van der Waals surface area contributed by atoms with Crippen LogP contribution in [-0.2, 0) is 18.4 Å². The van der Waals surface area contributed by atoms with Gasteiger partial charge in [-0.2, -0.15) is 0 Å². The highest BCUT2D eigenvalue weighted by Crippen LogP contribution is 2.06. The van der Waals surface area contributed by atoms with Crippen LogP contribution in [0.2, 0.25) is 6.04 Å². The van der Waals surface area contributed by atoms with E-state index in [2.05, 4.69) is 6.58 Å². The van der Waals surface area contributed by atoms with E-state index in [9.17, 15) is 4.79 Å². The van der Waals surface area contributed by atoms with Crippen molar-refractivity contribution in [2.45, 2.75) is 32.2 Å². The summed E-state index contributed by atoms with van der Waals surface area (Å²) in [6, 6.07) is 1.00. The maximum Gasteiger partial charge on any atom is 0.333 e. The summed E-state index contributed by atoms with van der Waals surface area (Å²) in [4.78, 5) is 11.0. The molecule has 0 N–H and O–H groups in total. The third-order valence-corrected chi connectivity index (χ3v) is 4.12. The monoisotopic (exact) mass is 246 g/mol. The molecule has 0 unspecified atom stereocenters. The summed E-state index contributed by atoms with van der Waals surface area (Å²) in [7, 11) is 1.98. The smallest absolute Gasteiger partial charge is 0.333 e. The molecule has 0 bridgehead atoms. The van der Waals surface area contributed by atoms with Crippen molar-refractivity contribution < 1.29 is 18.4 Å². The van der Waals surface area contributed by atoms with E-state index in [-0.39, 0.29) is 5.97 Å². The molecule has 0 aromatic heterocycles. The Morgan fingerprint density at radius 3 is 2.31 bits per heavy atom. The van der Waals surface area contributed by atoms with E-state index in [4.69, 9.17) is 13.6 Å². The minimum atomic E-state index is -1.40. The van der Waals surface area contributed by atoms with E-state index in [1.165, 1.54) is 0 Å².